The maximum Gasteiger partial charge on any atom is 0.296 e. The Labute approximate surface area is 184 Å². The van der Waals surface area contributed by atoms with Crippen LogP contribution in [0.2, 0.25) is 0 Å². The summed E-state index contributed by atoms with van der Waals surface area (Å²) in [7, 11) is -13.3. The number of rotatable bonds is 7. The minimum atomic E-state index is -4.94. The Morgan fingerprint density at radius 2 is 1.06 bits per heavy atom. The molecule has 14 heteroatoms. The fourth-order valence-corrected chi connectivity index (χ4v) is 5.46. The van der Waals surface area contributed by atoms with Gasteiger partial charge in [0.25, 0.3) is 30.2 Å². The molecule has 0 heterocycles. The molecule has 0 saturated carbocycles. The van der Waals surface area contributed by atoms with Gasteiger partial charge in [0.05, 0.1) is 21.2 Å². The highest BCUT2D eigenvalue weighted by molar-refractivity contribution is 7.93. The Kier molecular flexibility index (Phi) is 6.06. The van der Waals surface area contributed by atoms with Crippen molar-refractivity contribution in [1.82, 2.24) is 0 Å². The van der Waals surface area contributed by atoms with Crippen molar-refractivity contribution in [3.05, 3.63) is 66.7 Å². The maximum atomic E-state index is 12.6. The van der Waals surface area contributed by atoms with Crippen molar-refractivity contribution in [2.45, 2.75) is 14.7 Å². The standard InChI is InChI=1S/C18H18N4O7S3/c19-12-1-6-15(7-2-12)30(23,24)21-14-5-10-17(18(11-14)32(27,28)29)22-31(25,26)16-8-3-13(20)4-9-16/h1-11,21-22H,19-20H2,(H,27,28,29). The number of hydrogen-bond acceptors (Lipinski definition) is 8. The van der Waals surface area contributed by atoms with E-state index in [1.807, 2.05) is 0 Å². The molecule has 3 aromatic rings. The summed E-state index contributed by atoms with van der Waals surface area (Å²) in [5.41, 5.74) is 11.0. The number of nitrogens with two attached hydrogens (primary N) is 2. The lowest BCUT2D eigenvalue weighted by Crippen LogP contribution is -2.17. The lowest BCUT2D eigenvalue weighted by molar-refractivity contribution is 0.483. The highest BCUT2D eigenvalue weighted by atomic mass is 32.2. The van der Waals surface area contributed by atoms with E-state index in [2.05, 4.69) is 9.44 Å². The Hall–Kier alpha value is -3.33. The molecule has 0 aliphatic heterocycles. The molecule has 0 aromatic heterocycles. The molecule has 0 amide bonds. The predicted octanol–water partition coefficient (Wildman–Crippen LogP) is 1.70. The first-order valence-corrected chi connectivity index (χ1v) is 13.1. The second-order valence-electron chi connectivity index (χ2n) is 6.54. The van der Waals surface area contributed by atoms with Crippen molar-refractivity contribution < 1.29 is 29.8 Å². The van der Waals surface area contributed by atoms with Gasteiger partial charge in [-0.1, -0.05) is 0 Å². The van der Waals surface area contributed by atoms with Gasteiger partial charge in [-0.15, -0.1) is 0 Å². The van der Waals surface area contributed by atoms with Gasteiger partial charge < -0.3 is 11.5 Å². The van der Waals surface area contributed by atoms with E-state index in [-0.39, 0.29) is 15.5 Å². The minimum absolute atomic E-state index is 0.145. The zero-order valence-corrected chi connectivity index (χ0v) is 18.6. The van der Waals surface area contributed by atoms with Crippen molar-refractivity contribution in [3.8, 4) is 0 Å². The van der Waals surface area contributed by atoms with Gasteiger partial charge in [-0.25, -0.2) is 16.8 Å². The number of sulfonamides is 2. The Morgan fingerprint density at radius 1 is 0.625 bits per heavy atom. The minimum Gasteiger partial charge on any atom is -0.399 e. The van der Waals surface area contributed by atoms with E-state index in [1.165, 1.54) is 48.5 Å². The van der Waals surface area contributed by atoms with Crippen LogP contribution in [0.1, 0.15) is 0 Å². The second-order valence-corrected chi connectivity index (χ2v) is 11.3. The van der Waals surface area contributed by atoms with Gasteiger partial charge in [0, 0.05) is 11.4 Å². The van der Waals surface area contributed by atoms with Crippen molar-refractivity contribution in [2.75, 3.05) is 20.9 Å². The lowest BCUT2D eigenvalue weighted by atomic mass is 10.3. The maximum absolute atomic E-state index is 12.6. The highest BCUT2D eigenvalue weighted by Gasteiger charge is 2.23. The Balaban J connectivity index is 1.98. The van der Waals surface area contributed by atoms with E-state index in [4.69, 9.17) is 11.5 Å². The monoisotopic (exact) mass is 498 g/mol. The SMILES string of the molecule is Nc1ccc(S(=O)(=O)Nc2ccc(NS(=O)(=O)c3ccc(N)cc3)c(S(=O)(=O)O)c2)cc1. The Morgan fingerprint density at radius 3 is 1.50 bits per heavy atom. The normalized spacial score (nSPS) is 12.3. The quantitative estimate of drug-likeness (QED) is 0.237. The summed E-state index contributed by atoms with van der Waals surface area (Å²) in [4.78, 5) is -1.21. The van der Waals surface area contributed by atoms with Crippen LogP contribution in [0.5, 0.6) is 0 Å². The van der Waals surface area contributed by atoms with E-state index in [0.29, 0.717) is 11.4 Å². The van der Waals surface area contributed by atoms with Crippen LogP contribution in [-0.2, 0) is 30.2 Å². The van der Waals surface area contributed by atoms with E-state index in [1.54, 1.807) is 0 Å². The third-order valence-electron chi connectivity index (χ3n) is 4.14. The van der Waals surface area contributed by atoms with Crippen LogP contribution in [0.25, 0.3) is 0 Å². The van der Waals surface area contributed by atoms with E-state index in [0.717, 1.165) is 18.2 Å². The van der Waals surface area contributed by atoms with Crippen LogP contribution in [0.15, 0.2) is 81.4 Å². The summed E-state index contributed by atoms with van der Waals surface area (Å²) in [6.45, 7) is 0. The summed E-state index contributed by atoms with van der Waals surface area (Å²) in [6.07, 6.45) is 0. The molecule has 7 N–H and O–H groups in total. The van der Waals surface area contributed by atoms with E-state index < -0.39 is 40.7 Å². The average Bonchev–Trinajstić information content (AvgIpc) is 2.68. The molecule has 170 valence electrons. The first kappa shape index (κ1) is 23.3. The number of hydrogen-bond donors (Lipinski definition) is 5. The lowest BCUT2D eigenvalue weighted by Gasteiger charge is -2.14. The first-order valence-electron chi connectivity index (χ1n) is 8.66. The van der Waals surface area contributed by atoms with Crippen LogP contribution in [0, 0.1) is 0 Å². The van der Waals surface area contributed by atoms with Gasteiger partial charge in [0.2, 0.25) is 0 Å². The molecule has 0 radical (unpaired) electrons. The third kappa shape index (κ3) is 5.28. The van der Waals surface area contributed by atoms with Gasteiger partial charge in [-0.05, 0) is 66.7 Å². The summed E-state index contributed by atoms with van der Waals surface area (Å²) in [5.74, 6) is 0. The molecule has 0 fully saturated rings. The zero-order valence-electron chi connectivity index (χ0n) is 16.1. The van der Waals surface area contributed by atoms with Gasteiger partial charge in [-0.2, -0.15) is 8.42 Å². The van der Waals surface area contributed by atoms with Crippen LogP contribution in [-0.4, -0.2) is 29.8 Å². The summed E-state index contributed by atoms with van der Waals surface area (Å²) in [5, 5.41) is 0. The summed E-state index contributed by atoms with van der Waals surface area (Å²) >= 11 is 0. The smallest absolute Gasteiger partial charge is 0.296 e. The molecule has 11 nitrogen and oxygen atoms in total. The Bertz CT molecular complexity index is 1470. The number of nitrogens with one attached hydrogen (secondary N) is 2. The van der Waals surface area contributed by atoms with Crippen molar-refractivity contribution in [2.24, 2.45) is 0 Å². The van der Waals surface area contributed by atoms with Crippen LogP contribution < -0.4 is 20.9 Å². The van der Waals surface area contributed by atoms with Crippen molar-refractivity contribution in [3.63, 3.8) is 0 Å². The zero-order chi connectivity index (χ0) is 23.7. The molecule has 0 spiro atoms. The number of anilines is 4. The molecule has 0 unspecified atom stereocenters. The fraction of sp³-hybridized carbons (Fsp3) is 0. The number of benzene rings is 3. The molecule has 3 aromatic carbocycles. The molecule has 0 bridgehead atoms. The largest absolute Gasteiger partial charge is 0.399 e. The van der Waals surface area contributed by atoms with Crippen molar-refractivity contribution >= 4 is 52.9 Å². The van der Waals surface area contributed by atoms with E-state index >= 15 is 0 Å². The van der Waals surface area contributed by atoms with Gasteiger partial charge in [0.15, 0.2) is 0 Å². The van der Waals surface area contributed by atoms with Gasteiger partial charge in [0.1, 0.15) is 4.90 Å². The first-order chi connectivity index (χ1) is 14.8. The molecule has 0 aliphatic carbocycles. The molecular weight excluding hydrogens is 480 g/mol. The van der Waals surface area contributed by atoms with Crippen LogP contribution >= 0.6 is 0 Å². The molecule has 0 atom stereocenters. The fourth-order valence-electron chi connectivity index (χ4n) is 2.60. The number of nitrogen functional groups attached to an aromatic ring is 2. The third-order valence-corrected chi connectivity index (χ3v) is 7.81. The van der Waals surface area contributed by atoms with Crippen molar-refractivity contribution in [1.29, 1.82) is 0 Å². The molecule has 0 saturated heterocycles. The molecular formula is C18H18N4O7S3. The van der Waals surface area contributed by atoms with Crippen LogP contribution in [0.3, 0.4) is 0 Å². The molecule has 0 aliphatic rings. The molecule has 3 rings (SSSR count). The van der Waals surface area contributed by atoms with Gasteiger partial charge >= 0.3 is 0 Å². The topological polar surface area (TPSA) is 199 Å². The summed E-state index contributed by atoms with van der Waals surface area (Å²) < 4.78 is 87.7. The summed E-state index contributed by atoms with van der Waals surface area (Å²) in [6, 6.07) is 13.2. The predicted molar refractivity (Wildman–Crippen MR) is 120 cm³/mol. The van der Waals surface area contributed by atoms with Gasteiger partial charge in [-0.3, -0.25) is 14.0 Å². The molecule has 32 heavy (non-hydrogen) atoms. The average molecular weight is 499 g/mol. The van der Waals surface area contributed by atoms with Crippen LogP contribution in [0.4, 0.5) is 22.7 Å². The highest BCUT2D eigenvalue weighted by Crippen LogP contribution is 2.29. The van der Waals surface area contributed by atoms with E-state index in [9.17, 15) is 29.8 Å². The second kappa shape index (κ2) is 8.31.